The summed E-state index contributed by atoms with van der Waals surface area (Å²) in [7, 11) is 0. The van der Waals surface area contributed by atoms with Crippen molar-refractivity contribution in [3.05, 3.63) is 46.7 Å². The lowest BCUT2D eigenvalue weighted by atomic mass is 10.1. The van der Waals surface area contributed by atoms with E-state index in [1.165, 1.54) is 6.20 Å². The van der Waals surface area contributed by atoms with Crippen molar-refractivity contribution in [2.45, 2.75) is 32.9 Å². The first-order valence-electron chi connectivity index (χ1n) is 6.64. The largest absolute Gasteiger partial charge is 0.366 e. The molecule has 2 aromatic rings. The van der Waals surface area contributed by atoms with Crippen molar-refractivity contribution in [3.63, 3.8) is 0 Å². The third kappa shape index (κ3) is 4.06. The first-order chi connectivity index (χ1) is 9.76. The van der Waals surface area contributed by atoms with Gasteiger partial charge in [-0.1, -0.05) is 17.7 Å². The maximum absolute atomic E-state index is 11.1. The van der Waals surface area contributed by atoms with Crippen LogP contribution in [-0.4, -0.2) is 21.2 Å². The summed E-state index contributed by atoms with van der Waals surface area (Å²) < 4.78 is 1.58. The van der Waals surface area contributed by atoms with Crippen molar-refractivity contribution in [1.29, 1.82) is 0 Å². The smallest absolute Gasteiger partial charge is 0.251 e. The van der Waals surface area contributed by atoms with Crippen LogP contribution in [0.15, 0.2) is 30.6 Å². The summed E-state index contributed by atoms with van der Waals surface area (Å²) in [5, 5.41) is 8.15. The molecule has 0 bridgehead atoms. The topological polar surface area (TPSA) is 72.9 Å². The number of rotatable bonds is 4. The van der Waals surface area contributed by atoms with Crippen molar-refractivity contribution in [2.24, 2.45) is 5.73 Å². The summed E-state index contributed by atoms with van der Waals surface area (Å²) in [6.45, 7) is 6.99. The first-order valence-corrected chi connectivity index (χ1v) is 7.02. The van der Waals surface area contributed by atoms with E-state index in [9.17, 15) is 4.79 Å². The summed E-state index contributed by atoms with van der Waals surface area (Å²) in [4.78, 5) is 11.1. The molecule has 0 aliphatic carbocycles. The Hall–Kier alpha value is -1.85. The van der Waals surface area contributed by atoms with E-state index in [0.29, 0.717) is 17.1 Å². The van der Waals surface area contributed by atoms with Gasteiger partial charge in [0.1, 0.15) is 0 Å². The van der Waals surface area contributed by atoms with Crippen molar-refractivity contribution >= 4 is 17.5 Å². The summed E-state index contributed by atoms with van der Waals surface area (Å²) in [6, 6.07) is 5.67. The third-order valence-electron chi connectivity index (χ3n) is 2.98. The van der Waals surface area contributed by atoms with Crippen LogP contribution in [0.4, 0.5) is 0 Å². The molecule has 0 radical (unpaired) electrons. The van der Waals surface area contributed by atoms with Crippen LogP contribution >= 0.6 is 11.6 Å². The number of primary amides is 1. The van der Waals surface area contributed by atoms with Crippen LogP contribution in [0.3, 0.4) is 0 Å². The Kier molecular flexibility index (Phi) is 4.34. The van der Waals surface area contributed by atoms with E-state index in [4.69, 9.17) is 17.3 Å². The Bertz CT molecular complexity index is 658. The van der Waals surface area contributed by atoms with E-state index in [2.05, 4.69) is 31.2 Å². The van der Waals surface area contributed by atoms with Crippen molar-refractivity contribution in [2.75, 3.05) is 0 Å². The van der Waals surface area contributed by atoms with Crippen LogP contribution in [0, 0.1) is 0 Å². The second-order valence-corrected chi connectivity index (χ2v) is 6.32. The number of hydrogen-bond acceptors (Lipinski definition) is 3. The van der Waals surface area contributed by atoms with E-state index in [1.54, 1.807) is 10.9 Å². The van der Waals surface area contributed by atoms with Gasteiger partial charge < -0.3 is 11.1 Å². The van der Waals surface area contributed by atoms with Gasteiger partial charge in [-0.2, -0.15) is 5.10 Å². The number of nitrogens with one attached hydrogen (secondary N) is 1. The molecule has 0 atom stereocenters. The van der Waals surface area contributed by atoms with Crippen LogP contribution in [0.1, 0.15) is 36.7 Å². The zero-order valence-corrected chi connectivity index (χ0v) is 13.1. The maximum atomic E-state index is 11.1. The van der Waals surface area contributed by atoms with Crippen LogP contribution in [0.2, 0.25) is 5.02 Å². The van der Waals surface area contributed by atoms with E-state index in [0.717, 1.165) is 11.3 Å². The normalized spacial score (nSPS) is 11.6. The number of halogens is 1. The third-order valence-corrected chi connectivity index (χ3v) is 3.33. The summed E-state index contributed by atoms with van der Waals surface area (Å²) in [5.74, 6) is -0.502. The maximum Gasteiger partial charge on any atom is 0.251 e. The van der Waals surface area contributed by atoms with Gasteiger partial charge in [-0.3, -0.25) is 4.79 Å². The SMILES string of the molecule is CC(C)(C)NCc1ccc(-n2cc(C(N)=O)cn2)cc1Cl. The molecule has 5 nitrogen and oxygen atoms in total. The summed E-state index contributed by atoms with van der Waals surface area (Å²) in [6.07, 6.45) is 3.02. The molecule has 0 aliphatic rings. The number of benzene rings is 1. The highest BCUT2D eigenvalue weighted by Gasteiger charge is 2.11. The zero-order chi connectivity index (χ0) is 15.6. The van der Waals surface area contributed by atoms with Crippen molar-refractivity contribution < 1.29 is 4.79 Å². The minimum Gasteiger partial charge on any atom is -0.366 e. The molecule has 1 aromatic heterocycles. The summed E-state index contributed by atoms with van der Waals surface area (Å²) >= 11 is 6.30. The molecule has 2 rings (SSSR count). The number of carbonyl (C=O) groups excluding carboxylic acids is 1. The molecule has 1 heterocycles. The quantitative estimate of drug-likeness (QED) is 0.911. The minimum atomic E-state index is -0.502. The number of aromatic nitrogens is 2. The lowest BCUT2D eigenvalue weighted by molar-refractivity contribution is 0.100. The second-order valence-electron chi connectivity index (χ2n) is 5.92. The number of carbonyl (C=O) groups is 1. The van der Waals surface area contributed by atoms with E-state index < -0.39 is 5.91 Å². The molecule has 112 valence electrons. The predicted octanol–water partition coefficient (Wildman–Crippen LogP) is 2.51. The molecule has 0 saturated carbocycles. The van der Waals surface area contributed by atoms with Gasteiger partial charge in [0.15, 0.2) is 0 Å². The van der Waals surface area contributed by atoms with Crippen LogP contribution in [-0.2, 0) is 6.54 Å². The number of amides is 1. The molecule has 1 aromatic carbocycles. The molecule has 1 amide bonds. The van der Waals surface area contributed by atoms with Gasteiger partial charge in [-0.25, -0.2) is 4.68 Å². The lowest BCUT2D eigenvalue weighted by Crippen LogP contribution is -2.35. The molecular formula is C15H19ClN4O. The Morgan fingerprint density at radius 1 is 1.43 bits per heavy atom. The van der Waals surface area contributed by atoms with Crippen molar-refractivity contribution in [1.82, 2.24) is 15.1 Å². The minimum absolute atomic E-state index is 0.0281. The molecular weight excluding hydrogens is 288 g/mol. The number of hydrogen-bond donors (Lipinski definition) is 2. The van der Waals surface area contributed by atoms with Crippen molar-refractivity contribution in [3.8, 4) is 5.69 Å². The van der Waals surface area contributed by atoms with Gasteiger partial charge in [0.2, 0.25) is 0 Å². The van der Waals surface area contributed by atoms with Gasteiger partial charge in [-0.15, -0.1) is 0 Å². The summed E-state index contributed by atoms with van der Waals surface area (Å²) in [5.41, 5.74) is 7.40. The zero-order valence-electron chi connectivity index (χ0n) is 12.4. The highest BCUT2D eigenvalue weighted by Crippen LogP contribution is 2.21. The standard InChI is InChI=1S/C15H19ClN4O/c1-15(2,3)18-7-10-4-5-12(6-13(10)16)20-9-11(8-19-20)14(17)21/h4-6,8-9,18H,7H2,1-3H3,(H2,17,21). The van der Waals surface area contributed by atoms with Gasteiger partial charge in [0, 0.05) is 23.3 Å². The second kappa shape index (κ2) is 5.87. The van der Waals surface area contributed by atoms with Gasteiger partial charge in [0.05, 0.1) is 17.4 Å². The Morgan fingerprint density at radius 2 is 2.14 bits per heavy atom. The van der Waals surface area contributed by atoms with Crippen LogP contribution < -0.4 is 11.1 Å². The highest BCUT2D eigenvalue weighted by atomic mass is 35.5. The fraction of sp³-hybridized carbons (Fsp3) is 0.333. The van der Waals surface area contributed by atoms with E-state index >= 15 is 0 Å². The lowest BCUT2D eigenvalue weighted by Gasteiger charge is -2.21. The highest BCUT2D eigenvalue weighted by molar-refractivity contribution is 6.31. The van der Waals surface area contributed by atoms with E-state index in [1.807, 2.05) is 18.2 Å². The first kappa shape index (κ1) is 15.5. The molecule has 0 aliphatic heterocycles. The van der Waals surface area contributed by atoms with Crippen LogP contribution in [0.25, 0.3) is 5.69 Å². The average Bonchev–Trinajstić information content (AvgIpc) is 2.85. The monoisotopic (exact) mass is 306 g/mol. The molecule has 0 saturated heterocycles. The fourth-order valence-corrected chi connectivity index (χ4v) is 2.02. The van der Waals surface area contributed by atoms with Gasteiger partial charge in [0.25, 0.3) is 5.91 Å². The Balaban J connectivity index is 2.20. The number of nitrogens with two attached hydrogens (primary N) is 1. The fourth-order valence-electron chi connectivity index (χ4n) is 1.77. The number of nitrogens with zero attached hydrogens (tertiary/aromatic N) is 2. The average molecular weight is 307 g/mol. The molecule has 0 unspecified atom stereocenters. The molecule has 6 heteroatoms. The Morgan fingerprint density at radius 3 is 2.67 bits per heavy atom. The molecule has 0 spiro atoms. The van der Waals surface area contributed by atoms with Gasteiger partial charge in [-0.05, 0) is 38.5 Å². The van der Waals surface area contributed by atoms with Gasteiger partial charge >= 0.3 is 0 Å². The van der Waals surface area contributed by atoms with E-state index in [-0.39, 0.29) is 5.54 Å². The molecule has 3 N–H and O–H groups in total. The molecule has 0 fully saturated rings. The molecule has 21 heavy (non-hydrogen) atoms. The van der Waals surface area contributed by atoms with Crippen LogP contribution in [0.5, 0.6) is 0 Å². The Labute approximate surface area is 129 Å². The predicted molar refractivity (Wildman–Crippen MR) is 83.7 cm³/mol.